The van der Waals surface area contributed by atoms with Gasteiger partial charge in [0, 0.05) is 18.5 Å². The predicted octanol–water partition coefficient (Wildman–Crippen LogP) is 1.29. The van der Waals surface area contributed by atoms with Crippen LogP contribution in [-0.2, 0) is 28.5 Å². The van der Waals surface area contributed by atoms with E-state index in [9.17, 15) is 14.4 Å². The summed E-state index contributed by atoms with van der Waals surface area (Å²) in [5, 5.41) is 12.6. The van der Waals surface area contributed by atoms with Gasteiger partial charge in [0.05, 0.1) is 19.2 Å². The third-order valence-electron chi connectivity index (χ3n) is 8.03. The lowest BCUT2D eigenvalue weighted by Gasteiger charge is -2.43. The van der Waals surface area contributed by atoms with Gasteiger partial charge in [0.1, 0.15) is 36.6 Å². The zero-order chi connectivity index (χ0) is 25.9. The second-order valence-corrected chi connectivity index (χ2v) is 11.9. The van der Waals surface area contributed by atoms with Crippen molar-refractivity contribution >= 4 is 5.91 Å². The summed E-state index contributed by atoms with van der Waals surface area (Å²) >= 11 is 0. The molecule has 5 aliphatic rings. The molecule has 0 saturated carbocycles. The Morgan fingerprint density at radius 2 is 1.67 bits per heavy atom. The van der Waals surface area contributed by atoms with E-state index >= 15 is 0 Å². The van der Waals surface area contributed by atoms with Gasteiger partial charge in [-0.05, 0) is 60.5 Å². The zero-order valence-corrected chi connectivity index (χ0v) is 21.9. The van der Waals surface area contributed by atoms with Crippen LogP contribution >= 0.6 is 0 Å². The maximum atomic E-state index is 13.7. The molecule has 0 aromatic rings. The Labute approximate surface area is 212 Å². The van der Waals surface area contributed by atoms with E-state index in [1.165, 1.54) is 4.90 Å². The number of hydrogen-bond acceptors (Lipinski definition) is 9. The van der Waals surface area contributed by atoms with Crippen LogP contribution < -0.4 is 5.32 Å². The molecule has 5 rings (SSSR count). The molecule has 0 spiro atoms. The number of halogens is 1. The number of ether oxygens (including phenoxy) is 5. The van der Waals surface area contributed by atoms with Crippen LogP contribution in [0.2, 0.25) is 0 Å². The number of carbonyl (C=O) groups is 1. The third kappa shape index (κ3) is 5.27. The first kappa shape index (κ1) is 26.2. The van der Waals surface area contributed by atoms with Crippen LogP contribution in [-0.4, -0.2) is 108 Å². The highest BCUT2D eigenvalue weighted by Crippen LogP contribution is 2.44. The van der Waals surface area contributed by atoms with Crippen LogP contribution in [0.3, 0.4) is 0 Å². The lowest BCUT2D eigenvalue weighted by atomic mass is 9.89. The van der Waals surface area contributed by atoms with Crippen molar-refractivity contribution in [2.24, 2.45) is 0 Å². The highest BCUT2D eigenvalue weighted by atomic mass is 19.1. The maximum absolute atomic E-state index is 13.7. The van der Waals surface area contributed by atoms with Crippen LogP contribution in [0.5, 0.6) is 0 Å². The summed E-state index contributed by atoms with van der Waals surface area (Å²) < 4.78 is 44.6. The lowest BCUT2D eigenvalue weighted by Crippen LogP contribution is -2.60. The molecule has 10 nitrogen and oxygen atoms in total. The van der Waals surface area contributed by atoms with E-state index in [0.717, 1.165) is 25.9 Å². The molecular formula is C25H39FN4O6. The van der Waals surface area contributed by atoms with E-state index in [4.69, 9.17) is 23.7 Å². The minimum atomic E-state index is -1.12. The fraction of sp³-hybridized carbons (Fsp3) is 0.920. The summed E-state index contributed by atoms with van der Waals surface area (Å²) in [7, 11) is 0. The Morgan fingerprint density at radius 1 is 1.03 bits per heavy atom. The second kappa shape index (κ2) is 9.42. The van der Waals surface area contributed by atoms with E-state index in [1.807, 2.05) is 33.8 Å². The quantitative estimate of drug-likeness (QED) is 0.586. The summed E-state index contributed by atoms with van der Waals surface area (Å²) in [6, 6.07) is 1.37. The number of piperidine rings is 1. The van der Waals surface area contributed by atoms with Crippen LogP contribution in [0.1, 0.15) is 53.9 Å². The average Bonchev–Trinajstić information content (AvgIpc) is 3.44. The molecule has 11 heteroatoms. The molecule has 36 heavy (non-hydrogen) atoms. The predicted molar refractivity (Wildman–Crippen MR) is 125 cm³/mol. The highest BCUT2D eigenvalue weighted by Gasteiger charge is 2.60. The van der Waals surface area contributed by atoms with E-state index in [-0.39, 0.29) is 55.4 Å². The van der Waals surface area contributed by atoms with Crippen molar-refractivity contribution in [3.63, 3.8) is 0 Å². The monoisotopic (exact) mass is 510 g/mol. The first-order valence-corrected chi connectivity index (χ1v) is 13.0. The molecule has 1 N–H and O–H groups in total. The smallest absolute Gasteiger partial charge is 0.237 e. The molecule has 5 aliphatic heterocycles. The number of likely N-dealkylation sites (tertiary alicyclic amines) is 2. The van der Waals surface area contributed by atoms with Crippen molar-refractivity contribution in [1.82, 2.24) is 15.1 Å². The normalized spacial score (nSPS) is 41.0. The van der Waals surface area contributed by atoms with Gasteiger partial charge in [-0.3, -0.25) is 4.79 Å². The summed E-state index contributed by atoms with van der Waals surface area (Å²) in [5.74, 6) is -1.68. The summed E-state index contributed by atoms with van der Waals surface area (Å²) in [6.07, 6.45) is -0.914. The number of hydrogen-bond donors (Lipinski definition) is 1. The van der Waals surface area contributed by atoms with Crippen molar-refractivity contribution in [3.05, 3.63) is 0 Å². The number of fused-ring (bicyclic) bond motifs is 3. The maximum Gasteiger partial charge on any atom is 0.237 e. The number of amides is 1. The minimum Gasteiger partial charge on any atom is -0.342 e. The average molecular weight is 511 g/mol. The Balaban J connectivity index is 1.15. The fourth-order valence-electron chi connectivity index (χ4n) is 6.07. The standard InChI is InChI=1S/C25H39FN4O6/c1-23(2)33-19-17(32-22-21(20(19)34-23)35-24(3,4)36-22)14-29-8-6-25(5,7-9-29)28-12-18(31)30-13-15(26)10-16(30)11-27/h15-17,19-22,28H,6-10,12-14H2,1-5H3/t15?,16-,17+,19-,20-,21+,22+/m0/s1. The van der Waals surface area contributed by atoms with Gasteiger partial charge in [0.25, 0.3) is 0 Å². The molecule has 202 valence electrons. The molecule has 5 saturated heterocycles. The topological polar surface area (TPSA) is 106 Å². The van der Waals surface area contributed by atoms with Crippen LogP contribution in [0.4, 0.5) is 4.39 Å². The van der Waals surface area contributed by atoms with Crippen molar-refractivity contribution in [1.29, 1.82) is 5.26 Å². The first-order valence-electron chi connectivity index (χ1n) is 13.0. The molecule has 7 atom stereocenters. The van der Waals surface area contributed by atoms with Gasteiger partial charge in [-0.15, -0.1) is 0 Å². The first-order chi connectivity index (χ1) is 16.9. The number of alkyl halides is 1. The van der Waals surface area contributed by atoms with Gasteiger partial charge >= 0.3 is 0 Å². The van der Waals surface area contributed by atoms with Gasteiger partial charge < -0.3 is 38.8 Å². The van der Waals surface area contributed by atoms with Crippen molar-refractivity contribution < 1.29 is 32.9 Å². The van der Waals surface area contributed by atoms with Gasteiger partial charge in [0.15, 0.2) is 17.9 Å². The van der Waals surface area contributed by atoms with Crippen molar-refractivity contribution in [3.8, 4) is 6.07 Å². The highest BCUT2D eigenvalue weighted by molar-refractivity contribution is 5.79. The number of nitrogens with one attached hydrogen (secondary N) is 1. The van der Waals surface area contributed by atoms with Gasteiger partial charge in [-0.25, -0.2) is 4.39 Å². The molecule has 1 unspecified atom stereocenters. The Kier molecular flexibility index (Phi) is 6.86. The number of nitriles is 1. The van der Waals surface area contributed by atoms with Gasteiger partial charge in [-0.2, -0.15) is 5.26 Å². The zero-order valence-electron chi connectivity index (χ0n) is 21.9. The Hall–Kier alpha value is -1.39. The van der Waals surface area contributed by atoms with Crippen LogP contribution in [0, 0.1) is 11.3 Å². The molecule has 5 fully saturated rings. The summed E-state index contributed by atoms with van der Waals surface area (Å²) in [5.41, 5.74) is -0.217. The fourth-order valence-corrected chi connectivity index (χ4v) is 6.07. The summed E-state index contributed by atoms with van der Waals surface area (Å²) in [4.78, 5) is 16.4. The number of carbonyl (C=O) groups excluding carboxylic acids is 1. The van der Waals surface area contributed by atoms with Crippen LogP contribution in [0.15, 0.2) is 0 Å². The molecule has 0 aromatic heterocycles. The second-order valence-electron chi connectivity index (χ2n) is 11.9. The molecule has 0 aliphatic carbocycles. The Bertz CT molecular complexity index is 888. The van der Waals surface area contributed by atoms with Gasteiger partial charge in [-0.1, -0.05) is 0 Å². The molecule has 0 aromatic carbocycles. The Morgan fingerprint density at radius 3 is 2.36 bits per heavy atom. The number of nitrogens with zero attached hydrogens (tertiary/aromatic N) is 3. The molecule has 5 heterocycles. The third-order valence-corrected chi connectivity index (χ3v) is 8.03. The van der Waals surface area contributed by atoms with Gasteiger partial charge in [0.2, 0.25) is 5.91 Å². The van der Waals surface area contributed by atoms with E-state index in [2.05, 4.69) is 17.1 Å². The van der Waals surface area contributed by atoms with Crippen LogP contribution in [0.25, 0.3) is 0 Å². The molecule has 1 amide bonds. The summed E-state index contributed by atoms with van der Waals surface area (Å²) in [6.45, 7) is 12.1. The molecule has 0 bridgehead atoms. The largest absolute Gasteiger partial charge is 0.342 e. The van der Waals surface area contributed by atoms with E-state index in [0.29, 0.717) is 6.54 Å². The minimum absolute atomic E-state index is 0.00314. The van der Waals surface area contributed by atoms with Crippen molar-refractivity contribution in [2.45, 2.75) is 114 Å². The van der Waals surface area contributed by atoms with E-state index in [1.54, 1.807) is 0 Å². The molecule has 0 radical (unpaired) electrons. The SMILES string of the molecule is CC1(NCC(=O)N2CC(F)C[C@H]2C#N)CCN(C[C@H]2O[C@@H]3OC(C)(C)O[C@@H]3[C@H]3OC(C)(C)O[C@H]32)CC1. The van der Waals surface area contributed by atoms with Crippen molar-refractivity contribution in [2.75, 3.05) is 32.7 Å². The van der Waals surface area contributed by atoms with E-state index < -0.39 is 30.1 Å². The lowest BCUT2D eigenvalue weighted by molar-refractivity contribution is -0.237. The number of rotatable bonds is 5. The molecular weight excluding hydrogens is 471 g/mol.